The molecule has 1 atom stereocenters. The zero-order valence-corrected chi connectivity index (χ0v) is 29.4. The van der Waals surface area contributed by atoms with E-state index >= 15 is 0 Å². The summed E-state index contributed by atoms with van der Waals surface area (Å²) in [7, 11) is 0. The molecule has 1 aromatic carbocycles. The fourth-order valence-corrected chi connectivity index (χ4v) is 6.31. The van der Waals surface area contributed by atoms with Gasteiger partial charge < -0.3 is 15.0 Å². The maximum absolute atomic E-state index is 13.3. The van der Waals surface area contributed by atoms with Gasteiger partial charge in [0, 0.05) is 48.8 Å². The highest BCUT2D eigenvalue weighted by Gasteiger charge is 2.48. The van der Waals surface area contributed by atoms with Crippen LogP contribution in [0, 0.1) is 5.41 Å². The first kappa shape index (κ1) is 36.6. The Kier molecular flexibility index (Phi) is 12.2. The number of ether oxygens (including phenoxy) is 1. The summed E-state index contributed by atoms with van der Waals surface area (Å²) in [5, 5.41) is 14.7. The number of aromatic nitrogens is 5. The van der Waals surface area contributed by atoms with Gasteiger partial charge in [0.05, 0.1) is 5.41 Å². The van der Waals surface area contributed by atoms with Crippen molar-refractivity contribution in [3.63, 3.8) is 0 Å². The minimum Gasteiger partial charge on any atom is -0.476 e. The fraction of sp³-hybridized carbons (Fsp3) is 0.500. The Hall–Kier alpha value is -3.68. The van der Waals surface area contributed by atoms with E-state index in [0.29, 0.717) is 11.5 Å². The van der Waals surface area contributed by atoms with Gasteiger partial charge in [-0.25, -0.2) is 14.6 Å². The number of nitrogens with two attached hydrogens (primary N) is 1. The first-order chi connectivity index (χ1) is 23.5. The molecule has 49 heavy (non-hydrogen) atoms. The SMILES string of the molecule is CC1(CCN(CCCCCCc2ccccc2-c2nccnc2-n2ccc(OCC(C)(C)C(F)(F)F)n2)c2cccc(SN)n2)CCCN1. The predicted octanol–water partition coefficient (Wildman–Crippen LogP) is 7.80. The van der Waals surface area contributed by atoms with E-state index in [-0.39, 0.29) is 11.4 Å². The smallest absolute Gasteiger partial charge is 0.397 e. The maximum atomic E-state index is 13.3. The quantitative estimate of drug-likeness (QED) is 0.0845. The molecule has 0 saturated carbocycles. The number of unbranched alkanes of at least 4 members (excludes halogenated alkanes) is 3. The molecule has 1 fully saturated rings. The van der Waals surface area contributed by atoms with Crippen LogP contribution < -0.4 is 20.1 Å². The van der Waals surface area contributed by atoms with Crippen molar-refractivity contribution in [2.24, 2.45) is 10.6 Å². The average molecular weight is 697 g/mol. The normalized spacial score (nSPS) is 16.6. The van der Waals surface area contributed by atoms with Gasteiger partial charge in [-0.2, -0.15) is 13.2 Å². The first-order valence-corrected chi connectivity index (χ1v) is 17.8. The Balaban J connectivity index is 1.18. The molecule has 0 bridgehead atoms. The van der Waals surface area contributed by atoms with Crippen molar-refractivity contribution >= 4 is 17.8 Å². The Labute approximate surface area is 291 Å². The molecule has 0 radical (unpaired) electrons. The lowest BCUT2D eigenvalue weighted by Gasteiger charge is -2.30. The van der Waals surface area contributed by atoms with E-state index in [9.17, 15) is 13.2 Å². The molecule has 0 spiro atoms. The Morgan fingerprint density at radius 3 is 2.57 bits per heavy atom. The van der Waals surface area contributed by atoms with Crippen LogP contribution in [0.25, 0.3) is 17.1 Å². The molecule has 5 rings (SSSR count). The number of nitrogens with zero attached hydrogens (tertiary/aromatic N) is 6. The number of hydrogen-bond donors (Lipinski definition) is 2. The van der Waals surface area contributed by atoms with Crippen LogP contribution in [0.4, 0.5) is 19.0 Å². The summed E-state index contributed by atoms with van der Waals surface area (Å²) >= 11 is 1.18. The van der Waals surface area contributed by atoms with Crippen molar-refractivity contribution in [2.75, 3.05) is 31.1 Å². The van der Waals surface area contributed by atoms with Crippen LogP contribution in [0.5, 0.6) is 5.88 Å². The van der Waals surface area contributed by atoms with E-state index in [1.165, 1.54) is 35.5 Å². The number of anilines is 1. The Morgan fingerprint density at radius 2 is 1.80 bits per heavy atom. The molecule has 4 aromatic rings. The summed E-state index contributed by atoms with van der Waals surface area (Å²) in [5.41, 5.74) is 0.917. The standard InChI is InChI=1S/C36H47F3N8OS/c1-34(2,36(37,38)39)26-48-30-17-24-47(45-30)33-32(41-21-22-42-33)28-14-8-7-13-27(28)12-6-4-5-9-23-46(25-19-35(3)18-11-20-43-35)29-15-10-16-31(44-29)49-40/h7-8,10,13-17,21-22,24,43H,4-6,9,11-12,18-20,23,25-26,40H2,1-3H3. The van der Waals surface area contributed by atoms with Gasteiger partial charge in [-0.3, -0.25) is 10.1 Å². The lowest BCUT2D eigenvalue weighted by molar-refractivity contribution is -0.219. The van der Waals surface area contributed by atoms with Gasteiger partial charge in [-0.1, -0.05) is 43.2 Å². The highest BCUT2D eigenvalue weighted by atomic mass is 32.2. The molecule has 13 heteroatoms. The molecule has 0 amide bonds. The number of rotatable bonds is 17. The number of halogens is 3. The topological polar surface area (TPSA) is 107 Å². The van der Waals surface area contributed by atoms with Crippen molar-refractivity contribution in [2.45, 2.75) is 88.9 Å². The van der Waals surface area contributed by atoms with E-state index in [4.69, 9.17) is 14.9 Å². The van der Waals surface area contributed by atoms with Crippen LogP contribution in [0.15, 0.2) is 72.1 Å². The van der Waals surface area contributed by atoms with Gasteiger partial charge in [0.25, 0.3) is 0 Å². The Bertz CT molecular complexity index is 1640. The average Bonchev–Trinajstić information content (AvgIpc) is 3.76. The monoisotopic (exact) mass is 696 g/mol. The fourth-order valence-electron chi connectivity index (χ4n) is 6.01. The van der Waals surface area contributed by atoms with Gasteiger partial charge in [0.1, 0.15) is 23.1 Å². The molecule has 0 aliphatic carbocycles. The minimum atomic E-state index is -4.39. The summed E-state index contributed by atoms with van der Waals surface area (Å²) in [6, 6.07) is 15.7. The van der Waals surface area contributed by atoms with Crippen LogP contribution in [-0.4, -0.2) is 62.7 Å². The summed E-state index contributed by atoms with van der Waals surface area (Å²) < 4.78 is 46.9. The predicted molar refractivity (Wildman–Crippen MR) is 189 cm³/mol. The van der Waals surface area contributed by atoms with Crippen LogP contribution in [0.3, 0.4) is 0 Å². The molecule has 264 valence electrons. The third-order valence-electron chi connectivity index (χ3n) is 9.25. The second-order valence-corrected chi connectivity index (χ2v) is 14.3. The van der Waals surface area contributed by atoms with Crippen LogP contribution in [0.2, 0.25) is 0 Å². The number of benzene rings is 1. The zero-order chi connectivity index (χ0) is 34.9. The largest absolute Gasteiger partial charge is 0.476 e. The number of aryl methyl sites for hydroxylation is 1. The van der Waals surface area contributed by atoms with Gasteiger partial charge in [-0.05, 0) is 95.5 Å². The molecule has 1 aliphatic heterocycles. The number of nitrogens with one attached hydrogen (secondary N) is 1. The molecule has 1 unspecified atom stereocenters. The van der Waals surface area contributed by atoms with Crippen LogP contribution in [0.1, 0.15) is 71.3 Å². The van der Waals surface area contributed by atoms with Crippen molar-refractivity contribution < 1.29 is 17.9 Å². The number of pyridine rings is 1. The van der Waals surface area contributed by atoms with E-state index in [1.54, 1.807) is 18.6 Å². The van der Waals surface area contributed by atoms with E-state index in [1.807, 2.05) is 30.3 Å². The van der Waals surface area contributed by atoms with Gasteiger partial charge in [0.15, 0.2) is 5.82 Å². The van der Waals surface area contributed by atoms with Crippen LogP contribution in [-0.2, 0) is 6.42 Å². The number of hydrogen-bond acceptors (Lipinski definition) is 9. The lowest BCUT2D eigenvalue weighted by Crippen LogP contribution is -2.40. The molecular formula is C36H47F3N8OS. The minimum absolute atomic E-state index is 0.0898. The van der Waals surface area contributed by atoms with E-state index < -0.39 is 18.2 Å². The summed E-state index contributed by atoms with van der Waals surface area (Å²) in [4.78, 5) is 16.4. The van der Waals surface area contributed by atoms with Gasteiger partial charge in [0.2, 0.25) is 5.88 Å². The second-order valence-electron chi connectivity index (χ2n) is 13.6. The highest BCUT2D eigenvalue weighted by Crippen LogP contribution is 2.38. The van der Waals surface area contributed by atoms with Gasteiger partial charge >= 0.3 is 6.18 Å². The first-order valence-electron chi connectivity index (χ1n) is 17.0. The van der Waals surface area contributed by atoms with Crippen molar-refractivity contribution in [3.8, 4) is 23.0 Å². The molecular weight excluding hydrogens is 650 g/mol. The molecule has 9 nitrogen and oxygen atoms in total. The molecule has 3 aromatic heterocycles. The molecule has 4 heterocycles. The van der Waals surface area contributed by atoms with Crippen molar-refractivity contribution in [3.05, 3.63) is 72.7 Å². The maximum Gasteiger partial charge on any atom is 0.397 e. The number of alkyl halides is 3. The molecule has 3 N–H and O–H groups in total. The lowest BCUT2D eigenvalue weighted by atomic mass is 9.94. The third-order valence-corrected chi connectivity index (χ3v) is 9.72. The summed E-state index contributed by atoms with van der Waals surface area (Å²) in [5.74, 6) is 1.55. The van der Waals surface area contributed by atoms with Crippen LogP contribution >= 0.6 is 11.9 Å². The van der Waals surface area contributed by atoms with Crippen molar-refractivity contribution in [1.82, 2.24) is 30.0 Å². The third kappa shape index (κ3) is 9.73. The highest BCUT2D eigenvalue weighted by molar-refractivity contribution is 7.97. The molecule has 1 saturated heterocycles. The Morgan fingerprint density at radius 1 is 1.00 bits per heavy atom. The zero-order valence-electron chi connectivity index (χ0n) is 28.5. The summed E-state index contributed by atoms with van der Waals surface area (Å²) in [6.45, 7) is 6.95. The second kappa shape index (κ2) is 16.4. The van der Waals surface area contributed by atoms with E-state index in [0.717, 1.165) is 94.0 Å². The summed E-state index contributed by atoms with van der Waals surface area (Å²) in [6.07, 6.45) is 9.05. The van der Waals surface area contributed by atoms with Crippen molar-refractivity contribution in [1.29, 1.82) is 0 Å². The van der Waals surface area contributed by atoms with Gasteiger partial charge in [-0.15, -0.1) is 5.10 Å². The van der Waals surface area contributed by atoms with E-state index in [2.05, 4.69) is 44.3 Å². The molecule has 1 aliphatic rings.